The maximum atomic E-state index is 12.7. The minimum Gasteiger partial charge on any atom is -0.334 e. The van der Waals surface area contributed by atoms with E-state index in [4.69, 9.17) is 0 Å². The van der Waals surface area contributed by atoms with E-state index in [1.807, 2.05) is 27.8 Å². The quantitative estimate of drug-likeness (QED) is 0.693. The number of imidazole rings is 1. The Morgan fingerprint density at radius 2 is 2.17 bits per heavy atom. The molecule has 0 spiro atoms. The summed E-state index contributed by atoms with van der Waals surface area (Å²) in [6, 6.07) is 3.83. The van der Waals surface area contributed by atoms with Crippen molar-refractivity contribution in [3.05, 3.63) is 54.3 Å². The predicted molar refractivity (Wildman–Crippen MR) is 106 cm³/mol. The van der Waals surface area contributed by atoms with Crippen LogP contribution < -0.4 is 5.32 Å². The molecule has 3 aromatic rings. The summed E-state index contributed by atoms with van der Waals surface area (Å²) in [6.07, 6.45) is 11.4. The standard InChI is InChI=1S/C20H24N8O/c29-20(23-11-14-3-6-17(22-10-14)28-9-7-21-13-28)27-8-1-2-16(12-27)19-24-18(25-26-19)15-4-5-15/h3,6-7,9-10,13,15-16H,1-2,4-5,8,11-12H2,(H,23,29)(H,24,25,26). The van der Waals surface area contributed by atoms with Crippen molar-refractivity contribution < 1.29 is 4.79 Å². The normalized spacial score (nSPS) is 19.3. The van der Waals surface area contributed by atoms with E-state index < -0.39 is 0 Å². The van der Waals surface area contributed by atoms with E-state index in [2.05, 4.69) is 30.5 Å². The summed E-state index contributed by atoms with van der Waals surface area (Å²) in [5.74, 6) is 3.42. The van der Waals surface area contributed by atoms with Gasteiger partial charge in [0.2, 0.25) is 0 Å². The number of carbonyl (C=O) groups excluding carboxylic acids is 1. The molecule has 3 aromatic heterocycles. The molecule has 1 atom stereocenters. The van der Waals surface area contributed by atoms with Gasteiger partial charge in [-0.2, -0.15) is 5.10 Å². The zero-order chi connectivity index (χ0) is 19.6. The summed E-state index contributed by atoms with van der Waals surface area (Å²) < 4.78 is 1.84. The first-order valence-electron chi connectivity index (χ1n) is 10.1. The van der Waals surface area contributed by atoms with Crippen molar-refractivity contribution in [1.29, 1.82) is 0 Å². The van der Waals surface area contributed by atoms with Crippen LogP contribution in [0, 0.1) is 0 Å². The summed E-state index contributed by atoms with van der Waals surface area (Å²) in [5.41, 5.74) is 0.957. The highest BCUT2D eigenvalue weighted by atomic mass is 16.2. The van der Waals surface area contributed by atoms with Crippen LogP contribution in [0.5, 0.6) is 0 Å². The van der Waals surface area contributed by atoms with Crippen LogP contribution in [0.4, 0.5) is 4.79 Å². The molecule has 1 saturated heterocycles. The highest BCUT2D eigenvalue weighted by Crippen LogP contribution is 2.38. The van der Waals surface area contributed by atoms with Crippen molar-refractivity contribution in [3.8, 4) is 5.82 Å². The second-order valence-electron chi connectivity index (χ2n) is 7.79. The van der Waals surface area contributed by atoms with Crippen molar-refractivity contribution in [2.75, 3.05) is 13.1 Å². The predicted octanol–water partition coefficient (Wildman–Crippen LogP) is 2.35. The number of H-pyrrole nitrogens is 1. The van der Waals surface area contributed by atoms with Crippen LogP contribution >= 0.6 is 0 Å². The number of aromatic nitrogens is 6. The van der Waals surface area contributed by atoms with Crippen molar-refractivity contribution >= 4 is 6.03 Å². The smallest absolute Gasteiger partial charge is 0.317 e. The first-order chi connectivity index (χ1) is 14.3. The number of piperidine rings is 1. The number of urea groups is 1. The largest absolute Gasteiger partial charge is 0.334 e. The molecule has 2 fully saturated rings. The molecular formula is C20H24N8O. The van der Waals surface area contributed by atoms with Gasteiger partial charge in [0.15, 0.2) is 5.82 Å². The molecule has 29 heavy (non-hydrogen) atoms. The Bertz CT molecular complexity index is 961. The molecule has 2 N–H and O–H groups in total. The van der Waals surface area contributed by atoms with Crippen LogP contribution in [0.2, 0.25) is 0 Å². The van der Waals surface area contributed by atoms with E-state index in [-0.39, 0.29) is 11.9 Å². The lowest BCUT2D eigenvalue weighted by Gasteiger charge is -2.31. The van der Waals surface area contributed by atoms with E-state index in [9.17, 15) is 4.79 Å². The SMILES string of the molecule is O=C(NCc1ccc(-n2ccnc2)nc1)N1CCCC(c2n[nH]c(C3CC3)n2)C1. The van der Waals surface area contributed by atoms with Gasteiger partial charge < -0.3 is 10.2 Å². The molecule has 0 aromatic carbocycles. The number of rotatable bonds is 5. The Balaban J connectivity index is 1.16. The molecule has 2 aliphatic rings. The molecule has 1 aliphatic heterocycles. The van der Waals surface area contributed by atoms with Crippen LogP contribution in [-0.2, 0) is 6.54 Å². The van der Waals surface area contributed by atoms with Gasteiger partial charge in [0.05, 0.1) is 0 Å². The molecule has 9 heteroatoms. The molecule has 2 amide bonds. The molecule has 1 saturated carbocycles. The zero-order valence-electron chi connectivity index (χ0n) is 16.2. The van der Waals surface area contributed by atoms with E-state index in [0.29, 0.717) is 19.0 Å². The minimum atomic E-state index is -0.0497. The number of hydrogen-bond donors (Lipinski definition) is 2. The number of pyridine rings is 1. The second-order valence-corrected chi connectivity index (χ2v) is 7.79. The van der Waals surface area contributed by atoms with Crippen molar-refractivity contribution in [1.82, 2.24) is 39.9 Å². The number of nitrogens with zero attached hydrogens (tertiary/aromatic N) is 6. The number of likely N-dealkylation sites (tertiary alicyclic amines) is 1. The van der Waals surface area contributed by atoms with Crippen molar-refractivity contribution in [2.45, 2.75) is 44.1 Å². The lowest BCUT2D eigenvalue weighted by atomic mass is 9.97. The average molecular weight is 392 g/mol. The van der Waals surface area contributed by atoms with E-state index in [1.54, 1.807) is 18.7 Å². The van der Waals surface area contributed by atoms with Gasteiger partial charge in [-0.3, -0.25) is 9.67 Å². The van der Waals surface area contributed by atoms with Gasteiger partial charge in [-0.05, 0) is 37.3 Å². The Morgan fingerprint density at radius 3 is 2.93 bits per heavy atom. The van der Waals surface area contributed by atoms with Gasteiger partial charge in [-0.1, -0.05) is 6.07 Å². The van der Waals surface area contributed by atoms with Crippen LogP contribution in [-0.4, -0.2) is 53.7 Å². The van der Waals surface area contributed by atoms with Gasteiger partial charge in [0.1, 0.15) is 18.0 Å². The van der Waals surface area contributed by atoms with Crippen LogP contribution in [0.1, 0.15) is 54.7 Å². The van der Waals surface area contributed by atoms with Gasteiger partial charge in [0.25, 0.3) is 0 Å². The van der Waals surface area contributed by atoms with Gasteiger partial charge in [-0.15, -0.1) is 0 Å². The lowest BCUT2D eigenvalue weighted by molar-refractivity contribution is 0.178. The van der Waals surface area contributed by atoms with Crippen molar-refractivity contribution in [2.24, 2.45) is 0 Å². The molecule has 1 unspecified atom stereocenters. The molecule has 1 aliphatic carbocycles. The summed E-state index contributed by atoms with van der Waals surface area (Å²) in [5, 5.41) is 10.5. The maximum Gasteiger partial charge on any atom is 0.317 e. The third-order valence-corrected chi connectivity index (χ3v) is 5.58. The topological polar surface area (TPSA) is 105 Å². The fourth-order valence-corrected chi connectivity index (χ4v) is 3.74. The first-order valence-corrected chi connectivity index (χ1v) is 10.1. The molecular weight excluding hydrogens is 368 g/mol. The number of carbonyl (C=O) groups is 1. The Labute approximate surface area is 168 Å². The van der Waals surface area contributed by atoms with Gasteiger partial charge in [0, 0.05) is 50.1 Å². The Hall–Kier alpha value is -3.23. The van der Waals surface area contributed by atoms with E-state index in [1.165, 1.54) is 12.8 Å². The maximum absolute atomic E-state index is 12.7. The fraction of sp³-hybridized carbons (Fsp3) is 0.450. The lowest BCUT2D eigenvalue weighted by Crippen LogP contribution is -2.44. The molecule has 0 bridgehead atoms. The third kappa shape index (κ3) is 3.98. The van der Waals surface area contributed by atoms with Gasteiger partial charge >= 0.3 is 6.03 Å². The Morgan fingerprint density at radius 1 is 1.24 bits per heavy atom. The molecule has 5 rings (SSSR count). The Kier molecular flexibility index (Phi) is 4.71. The monoisotopic (exact) mass is 392 g/mol. The third-order valence-electron chi connectivity index (χ3n) is 5.58. The highest BCUT2D eigenvalue weighted by Gasteiger charge is 2.31. The molecule has 150 valence electrons. The average Bonchev–Trinajstić information content (AvgIpc) is 3.26. The summed E-state index contributed by atoms with van der Waals surface area (Å²) >= 11 is 0. The summed E-state index contributed by atoms with van der Waals surface area (Å²) in [7, 11) is 0. The van der Waals surface area contributed by atoms with Crippen LogP contribution in [0.25, 0.3) is 5.82 Å². The van der Waals surface area contributed by atoms with Crippen LogP contribution in [0.3, 0.4) is 0 Å². The van der Waals surface area contributed by atoms with E-state index in [0.717, 1.165) is 42.4 Å². The number of amides is 2. The highest BCUT2D eigenvalue weighted by molar-refractivity contribution is 5.74. The van der Waals surface area contributed by atoms with Crippen molar-refractivity contribution in [3.63, 3.8) is 0 Å². The van der Waals surface area contributed by atoms with Gasteiger partial charge in [-0.25, -0.2) is 19.7 Å². The summed E-state index contributed by atoms with van der Waals surface area (Å²) in [4.78, 5) is 27.6. The molecule has 0 radical (unpaired) electrons. The summed E-state index contributed by atoms with van der Waals surface area (Å²) in [6.45, 7) is 1.87. The fourth-order valence-electron chi connectivity index (χ4n) is 3.74. The minimum absolute atomic E-state index is 0.0497. The number of nitrogens with one attached hydrogen (secondary N) is 2. The first kappa shape index (κ1) is 17.8. The number of hydrogen-bond acceptors (Lipinski definition) is 5. The second kappa shape index (κ2) is 7.65. The number of aromatic amines is 1. The zero-order valence-corrected chi connectivity index (χ0v) is 16.2. The van der Waals surface area contributed by atoms with Crippen LogP contribution in [0.15, 0.2) is 37.1 Å². The molecule has 4 heterocycles. The molecule has 9 nitrogen and oxygen atoms in total. The van der Waals surface area contributed by atoms with E-state index >= 15 is 0 Å².